The van der Waals surface area contributed by atoms with Gasteiger partial charge >= 0.3 is 0 Å². The molecule has 0 spiro atoms. The maximum Gasteiger partial charge on any atom is 0.253 e. The molecule has 0 radical (unpaired) electrons. The van der Waals surface area contributed by atoms with E-state index in [0.717, 1.165) is 24.2 Å². The Morgan fingerprint density at radius 2 is 2.10 bits per heavy atom. The topological polar surface area (TPSA) is 64.2 Å². The number of nitrogens with two attached hydrogens (primary N) is 1. The van der Waals surface area contributed by atoms with Crippen LogP contribution in [0.3, 0.4) is 0 Å². The van der Waals surface area contributed by atoms with Gasteiger partial charge in [0, 0.05) is 30.9 Å². The molecule has 2 heterocycles. The summed E-state index contributed by atoms with van der Waals surface area (Å²) in [6, 6.07) is 7.63. The maximum absolute atomic E-state index is 12.3. The molecule has 0 unspecified atom stereocenters. The van der Waals surface area contributed by atoms with Crippen molar-refractivity contribution in [2.45, 2.75) is 19.4 Å². The minimum Gasteiger partial charge on any atom is -0.337 e. The molecule has 0 bridgehead atoms. The molecule has 0 saturated carbocycles. The number of aryl methyl sites for hydroxylation is 1. The molecule has 2 N–H and O–H groups in total. The summed E-state index contributed by atoms with van der Waals surface area (Å²) in [6.07, 6.45) is 4.65. The van der Waals surface area contributed by atoms with Crippen molar-refractivity contribution in [1.82, 2.24) is 14.7 Å². The van der Waals surface area contributed by atoms with Gasteiger partial charge in [-0.15, -0.1) is 0 Å². The van der Waals surface area contributed by atoms with Crippen LogP contribution < -0.4 is 5.73 Å². The van der Waals surface area contributed by atoms with Gasteiger partial charge in [0.15, 0.2) is 0 Å². The fourth-order valence-corrected chi connectivity index (χ4v) is 2.47. The zero-order chi connectivity index (χ0) is 14.1. The van der Waals surface area contributed by atoms with Gasteiger partial charge in [-0.1, -0.05) is 0 Å². The first-order valence-corrected chi connectivity index (χ1v) is 6.80. The van der Waals surface area contributed by atoms with Crippen LogP contribution in [0.1, 0.15) is 22.3 Å². The van der Waals surface area contributed by atoms with Crippen LogP contribution in [-0.2, 0) is 0 Å². The van der Waals surface area contributed by atoms with Crippen LogP contribution >= 0.6 is 0 Å². The van der Waals surface area contributed by atoms with E-state index >= 15 is 0 Å². The zero-order valence-electron chi connectivity index (χ0n) is 11.5. The summed E-state index contributed by atoms with van der Waals surface area (Å²) in [4.78, 5) is 14.1. The molecule has 20 heavy (non-hydrogen) atoms. The SMILES string of the molecule is Cc1cnn(-c2ccc(C(=O)N3CC[C@H](N)C3)cc2)c1. The van der Waals surface area contributed by atoms with Crippen molar-refractivity contribution < 1.29 is 4.79 Å². The number of aromatic nitrogens is 2. The Morgan fingerprint density at radius 3 is 2.65 bits per heavy atom. The van der Waals surface area contributed by atoms with E-state index in [0.29, 0.717) is 12.1 Å². The lowest BCUT2D eigenvalue weighted by Crippen LogP contribution is -2.31. The lowest BCUT2D eigenvalue weighted by atomic mass is 10.2. The molecule has 1 fully saturated rings. The molecule has 1 aliphatic rings. The van der Waals surface area contributed by atoms with Gasteiger partial charge in [0.2, 0.25) is 0 Å². The van der Waals surface area contributed by atoms with Gasteiger partial charge < -0.3 is 10.6 Å². The normalized spacial score (nSPS) is 18.5. The average molecular weight is 270 g/mol. The summed E-state index contributed by atoms with van der Waals surface area (Å²) in [7, 11) is 0. The fourth-order valence-electron chi connectivity index (χ4n) is 2.47. The monoisotopic (exact) mass is 270 g/mol. The van der Waals surface area contributed by atoms with Crippen molar-refractivity contribution in [1.29, 1.82) is 0 Å². The van der Waals surface area contributed by atoms with E-state index in [1.807, 2.05) is 48.5 Å². The van der Waals surface area contributed by atoms with Crippen LogP contribution in [0.4, 0.5) is 0 Å². The van der Waals surface area contributed by atoms with E-state index in [2.05, 4.69) is 5.10 Å². The number of carbonyl (C=O) groups is 1. The maximum atomic E-state index is 12.3. The lowest BCUT2D eigenvalue weighted by Gasteiger charge is -2.15. The minimum absolute atomic E-state index is 0.0566. The summed E-state index contributed by atoms with van der Waals surface area (Å²) in [5.74, 6) is 0.0566. The molecule has 3 rings (SSSR count). The van der Waals surface area contributed by atoms with Crippen LogP contribution in [0.25, 0.3) is 5.69 Å². The fraction of sp³-hybridized carbons (Fsp3) is 0.333. The third-order valence-electron chi connectivity index (χ3n) is 3.60. The molecule has 1 aliphatic heterocycles. The highest BCUT2D eigenvalue weighted by atomic mass is 16.2. The van der Waals surface area contributed by atoms with Crippen molar-refractivity contribution in [2.75, 3.05) is 13.1 Å². The molecular weight excluding hydrogens is 252 g/mol. The van der Waals surface area contributed by atoms with Gasteiger partial charge in [0.05, 0.1) is 11.9 Å². The minimum atomic E-state index is 0.0566. The first kappa shape index (κ1) is 12.9. The number of carbonyl (C=O) groups excluding carboxylic acids is 1. The number of amides is 1. The lowest BCUT2D eigenvalue weighted by molar-refractivity contribution is 0.0791. The molecule has 1 aromatic heterocycles. The summed E-state index contributed by atoms with van der Waals surface area (Å²) in [5, 5.41) is 4.25. The largest absolute Gasteiger partial charge is 0.337 e. The molecule has 0 aliphatic carbocycles. The van der Waals surface area contributed by atoms with Gasteiger partial charge in [0.1, 0.15) is 0 Å². The molecule has 1 atom stereocenters. The number of rotatable bonds is 2. The quantitative estimate of drug-likeness (QED) is 0.896. The third kappa shape index (κ3) is 2.44. The van der Waals surface area contributed by atoms with Gasteiger partial charge in [-0.05, 0) is 43.2 Å². The molecule has 2 aromatic rings. The van der Waals surface area contributed by atoms with E-state index < -0.39 is 0 Å². The molecular formula is C15H18N4O. The van der Waals surface area contributed by atoms with Crippen molar-refractivity contribution in [3.63, 3.8) is 0 Å². The van der Waals surface area contributed by atoms with Gasteiger partial charge in [0.25, 0.3) is 5.91 Å². The predicted octanol–water partition coefficient (Wildman–Crippen LogP) is 1.35. The Hall–Kier alpha value is -2.14. The second-order valence-electron chi connectivity index (χ2n) is 5.31. The Kier molecular flexibility index (Phi) is 3.28. The van der Waals surface area contributed by atoms with Crippen molar-refractivity contribution in [3.8, 4) is 5.69 Å². The summed E-state index contributed by atoms with van der Waals surface area (Å²) >= 11 is 0. The summed E-state index contributed by atoms with van der Waals surface area (Å²) < 4.78 is 1.80. The number of likely N-dealkylation sites (tertiary alicyclic amines) is 1. The van der Waals surface area contributed by atoms with Crippen LogP contribution in [0, 0.1) is 6.92 Å². The standard InChI is InChI=1S/C15H18N4O/c1-11-8-17-19(9-11)14-4-2-12(3-5-14)15(20)18-7-6-13(16)10-18/h2-5,8-9,13H,6-7,10,16H2,1H3/t13-/m0/s1. The smallest absolute Gasteiger partial charge is 0.253 e. The highest BCUT2D eigenvalue weighted by Gasteiger charge is 2.24. The summed E-state index contributed by atoms with van der Waals surface area (Å²) in [5.41, 5.74) is 8.60. The highest BCUT2D eigenvalue weighted by molar-refractivity contribution is 5.94. The molecule has 5 nitrogen and oxygen atoms in total. The second kappa shape index (κ2) is 5.09. The molecule has 1 saturated heterocycles. The van der Waals surface area contributed by atoms with Crippen molar-refractivity contribution in [3.05, 3.63) is 47.8 Å². The number of hydrogen-bond donors (Lipinski definition) is 1. The Bertz CT molecular complexity index is 617. The number of hydrogen-bond acceptors (Lipinski definition) is 3. The molecule has 104 valence electrons. The third-order valence-corrected chi connectivity index (χ3v) is 3.60. The molecule has 1 aromatic carbocycles. The van der Waals surface area contributed by atoms with Crippen LogP contribution in [-0.4, -0.2) is 39.7 Å². The molecule has 1 amide bonds. The predicted molar refractivity (Wildman–Crippen MR) is 76.8 cm³/mol. The van der Waals surface area contributed by atoms with Crippen molar-refractivity contribution in [2.24, 2.45) is 5.73 Å². The van der Waals surface area contributed by atoms with Gasteiger partial charge in [-0.2, -0.15) is 5.10 Å². The second-order valence-corrected chi connectivity index (χ2v) is 5.31. The van der Waals surface area contributed by atoms with E-state index in [4.69, 9.17) is 5.73 Å². The Morgan fingerprint density at radius 1 is 1.35 bits per heavy atom. The van der Waals surface area contributed by atoms with Gasteiger partial charge in [-0.25, -0.2) is 4.68 Å². The Balaban J connectivity index is 1.77. The summed E-state index contributed by atoms with van der Waals surface area (Å²) in [6.45, 7) is 3.40. The Labute approximate surface area is 118 Å². The van der Waals surface area contributed by atoms with Crippen LogP contribution in [0.2, 0.25) is 0 Å². The highest BCUT2D eigenvalue weighted by Crippen LogP contribution is 2.15. The van der Waals surface area contributed by atoms with E-state index in [-0.39, 0.29) is 11.9 Å². The zero-order valence-corrected chi connectivity index (χ0v) is 11.5. The van der Waals surface area contributed by atoms with E-state index in [1.165, 1.54) is 0 Å². The average Bonchev–Trinajstić information content (AvgIpc) is 3.07. The first-order valence-electron chi connectivity index (χ1n) is 6.80. The van der Waals surface area contributed by atoms with E-state index in [1.54, 1.807) is 4.68 Å². The first-order chi connectivity index (χ1) is 9.63. The van der Waals surface area contributed by atoms with Crippen LogP contribution in [0.15, 0.2) is 36.7 Å². The number of benzene rings is 1. The van der Waals surface area contributed by atoms with Gasteiger partial charge in [-0.3, -0.25) is 4.79 Å². The van der Waals surface area contributed by atoms with Crippen molar-refractivity contribution >= 4 is 5.91 Å². The number of nitrogens with zero attached hydrogens (tertiary/aromatic N) is 3. The molecule has 5 heteroatoms. The van der Waals surface area contributed by atoms with E-state index in [9.17, 15) is 4.79 Å². The van der Waals surface area contributed by atoms with Crippen LogP contribution in [0.5, 0.6) is 0 Å².